The van der Waals surface area contributed by atoms with Gasteiger partial charge < -0.3 is 10.1 Å². The highest BCUT2D eigenvalue weighted by Crippen LogP contribution is 2.22. The van der Waals surface area contributed by atoms with E-state index in [0.29, 0.717) is 19.4 Å². The van der Waals surface area contributed by atoms with Crippen LogP contribution in [-0.2, 0) is 11.3 Å². The van der Waals surface area contributed by atoms with Crippen molar-refractivity contribution in [3.05, 3.63) is 59.2 Å². The van der Waals surface area contributed by atoms with Crippen molar-refractivity contribution in [1.29, 1.82) is 0 Å². The van der Waals surface area contributed by atoms with Crippen LogP contribution in [0.15, 0.2) is 42.5 Å². The van der Waals surface area contributed by atoms with E-state index in [2.05, 4.69) is 23.2 Å². The van der Waals surface area contributed by atoms with Gasteiger partial charge in [0, 0.05) is 43.2 Å². The van der Waals surface area contributed by atoms with Crippen LogP contribution in [0.4, 0.5) is 5.69 Å². The van der Waals surface area contributed by atoms with E-state index in [-0.39, 0.29) is 5.91 Å². The van der Waals surface area contributed by atoms with Gasteiger partial charge in [0.25, 0.3) is 0 Å². The second-order valence-electron chi connectivity index (χ2n) is 7.29. The van der Waals surface area contributed by atoms with Gasteiger partial charge in [0.2, 0.25) is 5.91 Å². The Morgan fingerprint density at radius 1 is 1.14 bits per heavy atom. The fourth-order valence-electron chi connectivity index (χ4n) is 3.33. The zero-order valence-electron chi connectivity index (χ0n) is 16.9. The summed E-state index contributed by atoms with van der Waals surface area (Å²) in [6, 6.07) is 14.2. The molecule has 1 N–H and O–H groups in total. The molecule has 3 rings (SSSR count). The first-order valence-corrected chi connectivity index (χ1v) is 11.2. The Morgan fingerprint density at radius 3 is 2.71 bits per heavy atom. The standard InChI is InChI=1S/C23H30N2O2S/c1-18-6-3-8-21(16-18)27-13-5-10-23(26)24-22-9-4-7-20(19(22)2)17-25-11-14-28-15-12-25/h3-4,6-9,16H,5,10-15,17H2,1-2H3,(H,24,26). The molecule has 2 aromatic rings. The number of carbonyl (C=O) groups is 1. The number of hydrogen-bond acceptors (Lipinski definition) is 4. The number of nitrogens with zero attached hydrogens (tertiary/aromatic N) is 1. The fraction of sp³-hybridized carbons (Fsp3) is 0.435. The predicted molar refractivity (Wildman–Crippen MR) is 118 cm³/mol. The maximum Gasteiger partial charge on any atom is 0.224 e. The van der Waals surface area contributed by atoms with Crippen LogP contribution in [-0.4, -0.2) is 42.0 Å². The Labute approximate surface area is 172 Å². The number of nitrogens with one attached hydrogen (secondary N) is 1. The number of thioether (sulfide) groups is 1. The Balaban J connectivity index is 1.46. The molecule has 1 aliphatic heterocycles. The van der Waals surface area contributed by atoms with Crippen LogP contribution in [0.3, 0.4) is 0 Å². The van der Waals surface area contributed by atoms with E-state index in [1.54, 1.807) is 0 Å². The summed E-state index contributed by atoms with van der Waals surface area (Å²) in [6.45, 7) is 7.93. The van der Waals surface area contributed by atoms with Gasteiger partial charge in [-0.05, 0) is 55.2 Å². The SMILES string of the molecule is Cc1cccc(OCCCC(=O)Nc2cccc(CN3CCSCC3)c2C)c1. The van der Waals surface area contributed by atoms with Gasteiger partial charge >= 0.3 is 0 Å². The number of benzene rings is 2. The van der Waals surface area contributed by atoms with Crippen LogP contribution in [0.5, 0.6) is 5.75 Å². The first kappa shape index (κ1) is 20.7. The lowest BCUT2D eigenvalue weighted by Crippen LogP contribution is -2.32. The van der Waals surface area contributed by atoms with E-state index in [0.717, 1.165) is 31.1 Å². The molecule has 0 atom stereocenters. The lowest BCUT2D eigenvalue weighted by Gasteiger charge is -2.27. The molecule has 0 saturated carbocycles. The molecule has 1 heterocycles. The molecule has 0 spiro atoms. The summed E-state index contributed by atoms with van der Waals surface area (Å²) in [5, 5.41) is 3.08. The van der Waals surface area contributed by atoms with Crippen molar-refractivity contribution < 1.29 is 9.53 Å². The number of rotatable bonds is 8. The van der Waals surface area contributed by atoms with Crippen molar-refractivity contribution in [2.45, 2.75) is 33.2 Å². The molecule has 4 nitrogen and oxygen atoms in total. The summed E-state index contributed by atoms with van der Waals surface area (Å²) in [7, 11) is 0. The summed E-state index contributed by atoms with van der Waals surface area (Å²) in [5.41, 5.74) is 4.57. The van der Waals surface area contributed by atoms with E-state index < -0.39 is 0 Å². The van der Waals surface area contributed by atoms with Crippen LogP contribution >= 0.6 is 11.8 Å². The van der Waals surface area contributed by atoms with Crippen LogP contribution in [0.2, 0.25) is 0 Å². The van der Waals surface area contributed by atoms with Gasteiger partial charge in [0.05, 0.1) is 6.61 Å². The van der Waals surface area contributed by atoms with Crippen molar-refractivity contribution >= 4 is 23.4 Å². The lowest BCUT2D eigenvalue weighted by atomic mass is 10.1. The van der Waals surface area contributed by atoms with Crippen molar-refractivity contribution in [3.8, 4) is 5.75 Å². The zero-order chi connectivity index (χ0) is 19.8. The molecule has 1 amide bonds. The molecule has 0 aliphatic carbocycles. The first-order valence-electron chi connectivity index (χ1n) is 10.00. The second-order valence-corrected chi connectivity index (χ2v) is 8.52. The van der Waals surface area contributed by atoms with Crippen molar-refractivity contribution in [3.63, 3.8) is 0 Å². The molecular formula is C23H30N2O2S. The minimum absolute atomic E-state index is 0.0439. The Morgan fingerprint density at radius 2 is 1.93 bits per heavy atom. The first-order chi connectivity index (χ1) is 13.6. The molecule has 1 aliphatic rings. The van der Waals surface area contributed by atoms with E-state index >= 15 is 0 Å². The molecule has 0 unspecified atom stereocenters. The molecule has 5 heteroatoms. The number of hydrogen-bond donors (Lipinski definition) is 1. The third kappa shape index (κ3) is 6.28. The molecule has 0 aromatic heterocycles. The van der Waals surface area contributed by atoms with Gasteiger partial charge in [-0.1, -0.05) is 24.3 Å². The molecular weight excluding hydrogens is 368 g/mol. The molecule has 150 valence electrons. The smallest absolute Gasteiger partial charge is 0.224 e. The van der Waals surface area contributed by atoms with Gasteiger partial charge in [-0.3, -0.25) is 9.69 Å². The molecule has 1 fully saturated rings. The molecule has 2 aromatic carbocycles. The summed E-state index contributed by atoms with van der Waals surface area (Å²) in [5.74, 6) is 3.32. The van der Waals surface area contributed by atoms with Gasteiger partial charge in [0.15, 0.2) is 0 Å². The maximum absolute atomic E-state index is 12.4. The summed E-state index contributed by atoms with van der Waals surface area (Å²) in [6.07, 6.45) is 1.16. The quantitative estimate of drug-likeness (QED) is 0.657. The van der Waals surface area contributed by atoms with Gasteiger partial charge in [-0.15, -0.1) is 0 Å². The minimum Gasteiger partial charge on any atom is -0.494 e. The highest BCUT2D eigenvalue weighted by molar-refractivity contribution is 7.99. The summed E-state index contributed by atoms with van der Waals surface area (Å²) < 4.78 is 5.73. The number of ether oxygens (including phenoxy) is 1. The average Bonchev–Trinajstić information content (AvgIpc) is 2.69. The van der Waals surface area contributed by atoms with Crippen molar-refractivity contribution in [2.75, 3.05) is 36.5 Å². The van der Waals surface area contributed by atoms with Gasteiger partial charge in [0.1, 0.15) is 5.75 Å². The Hall–Kier alpha value is -1.98. The van der Waals surface area contributed by atoms with Gasteiger partial charge in [-0.25, -0.2) is 0 Å². The third-order valence-electron chi connectivity index (χ3n) is 5.02. The third-order valence-corrected chi connectivity index (χ3v) is 5.97. The van der Waals surface area contributed by atoms with Crippen LogP contribution in [0.25, 0.3) is 0 Å². The summed E-state index contributed by atoms with van der Waals surface area (Å²) >= 11 is 2.02. The molecule has 0 bridgehead atoms. The van der Waals surface area contributed by atoms with Crippen LogP contribution < -0.4 is 10.1 Å². The highest BCUT2D eigenvalue weighted by Gasteiger charge is 2.13. The number of aryl methyl sites for hydroxylation is 1. The summed E-state index contributed by atoms with van der Waals surface area (Å²) in [4.78, 5) is 14.8. The zero-order valence-corrected chi connectivity index (χ0v) is 17.7. The maximum atomic E-state index is 12.4. The average molecular weight is 399 g/mol. The fourth-order valence-corrected chi connectivity index (χ4v) is 4.31. The number of anilines is 1. The van der Waals surface area contributed by atoms with E-state index in [1.807, 2.05) is 55.1 Å². The molecule has 28 heavy (non-hydrogen) atoms. The lowest BCUT2D eigenvalue weighted by molar-refractivity contribution is -0.116. The van der Waals surface area contributed by atoms with Crippen LogP contribution in [0, 0.1) is 13.8 Å². The van der Waals surface area contributed by atoms with Gasteiger partial charge in [-0.2, -0.15) is 11.8 Å². The normalized spacial score (nSPS) is 14.6. The number of amides is 1. The van der Waals surface area contributed by atoms with E-state index in [4.69, 9.17) is 4.74 Å². The number of carbonyl (C=O) groups excluding carboxylic acids is 1. The van der Waals surface area contributed by atoms with Crippen LogP contribution in [0.1, 0.15) is 29.5 Å². The molecule has 0 radical (unpaired) electrons. The van der Waals surface area contributed by atoms with Crippen molar-refractivity contribution in [2.24, 2.45) is 0 Å². The predicted octanol–water partition coefficient (Wildman–Crippen LogP) is 4.65. The van der Waals surface area contributed by atoms with Crippen molar-refractivity contribution in [1.82, 2.24) is 4.90 Å². The highest BCUT2D eigenvalue weighted by atomic mass is 32.2. The van der Waals surface area contributed by atoms with E-state index in [9.17, 15) is 4.79 Å². The Bertz CT molecular complexity index is 788. The minimum atomic E-state index is 0.0439. The molecule has 1 saturated heterocycles. The Kier molecular flexibility index (Phi) is 7.80. The second kappa shape index (κ2) is 10.5. The monoisotopic (exact) mass is 398 g/mol. The largest absolute Gasteiger partial charge is 0.494 e. The topological polar surface area (TPSA) is 41.6 Å². The van der Waals surface area contributed by atoms with E-state index in [1.165, 1.54) is 28.2 Å².